The number of amides is 1. The Morgan fingerprint density at radius 3 is 2.96 bits per heavy atom. The number of rotatable bonds is 5. The number of benzene rings is 1. The third kappa shape index (κ3) is 4.20. The first kappa shape index (κ1) is 15.7. The lowest BCUT2D eigenvalue weighted by Gasteiger charge is -2.33. The average molecular weight is 313 g/mol. The van der Waals surface area contributed by atoms with Gasteiger partial charge in [-0.3, -0.25) is 4.79 Å². The van der Waals surface area contributed by atoms with Gasteiger partial charge in [0.2, 0.25) is 0 Å². The molecule has 0 bridgehead atoms. The average Bonchev–Trinajstić information content (AvgIpc) is 3.00. The molecule has 0 saturated carbocycles. The number of hydrogen-bond donors (Lipinski definition) is 1. The van der Waals surface area contributed by atoms with Gasteiger partial charge in [0.1, 0.15) is 5.76 Å². The fourth-order valence-electron chi connectivity index (χ4n) is 3.09. The molecule has 1 aromatic carbocycles. The quantitative estimate of drug-likeness (QED) is 0.921. The van der Waals surface area contributed by atoms with Crippen LogP contribution in [-0.4, -0.2) is 41.5 Å². The molecule has 23 heavy (non-hydrogen) atoms. The molecular weight excluding hydrogens is 290 g/mol. The minimum absolute atomic E-state index is 0.133. The lowest BCUT2D eigenvalue weighted by atomic mass is 10.0. The van der Waals surface area contributed by atoms with Crippen molar-refractivity contribution in [2.75, 3.05) is 19.6 Å². The number of aromatic nitrogens is 1. The van der Waals surface area contributed by atoms with E-state index < -0.39 is 0 Å². The minimum Gasteiger partial charge on any atom is -0.448 e. The second-order valence-corrected chi connectivity index (χ2v) is 6.11. The van der Waals surface area contributed by atoms with E-state index in [1.54, 1.807) is 6.92 Å². The lowest BCUT2D eigenvalue weighted by Crippen LogP contribution is -2.48. The van der Waals surface area contributed by atoms with E-state index >= 15 is 0 Å². The van der Waals surface area contributed by atoms with Crippen molar-refractivity contribution in [2.24, 2.45) is 0 Å². The number of nitrogens with one attached hydrogen (secondary N) is 1. The number of carbonyl (C=O) groups is 1. The normalized spacial score (nSPS) is 18.7. The zero-order valence-corrected chi connectivity index (χ0v) is 13.5. The van der Waals surface area contributed by atoms with Gasteiger partial charge in [-0.05, 0) is 38.3 Å². The SMILES string of the molecule is Cc1ocnc1C(=O)NC1CCCN(CCc2ccccc2)C1. The molecule has 0 spiro atoms. The van der Waals surface area contributed by atoms with Crippen LogP contribution in [0.25, 0.3) is 0 Å². The molecule has 1 atom stereocenters. The predicted octanol–water partition coefficient (Wildman–Crippen LogP) is 2.42. The van der Waals surface area contributed by atoms with E-state index in [9.17, 15) is 4.79 Å². The van der Waals surface area contributed by atoms with E-state index in [4.69, 9.17) is 4.42 Å². The van der Waals surface area contributed by atoms with Crippen LogP contribution < -0.4 is 5.32 Å². The second kappa shape index (κ2) is 7.42. The fraction of sp³-hybridized carbons (Fsp3) is 0.444. The van der Waals surface area contributed by atoms with Crippen LogP contribution in [0.15, 0.2) is 41.1 Å². The van der Waals surface area contributed by atoms with Crippen molar-refractivity contribution in [3.05, 3.63) is 53.7 Å². The first-order valence-electron chi connectivity index (χ1n) is 8.19. The molecule has 1 aromatic heterocycles. The van der Waals surface area contributed by atoms with Crippen molar-refractivity contribution in [3.8, 4) is 0 Å². The zero-order chi connectivity index (χ0) is 16.1. The van der Waals surface area contributed by atoms with Gasteiger partial charge in [0, 0.05) is 19.1 Å². The van der Waals surface area contributed by atoms with Crippen molar-refractivity contribution >= 4 is 5.91 Å². The number of likely N-dealkylation sites (tertiary alicyclic amines) is 1. The molecule has 1 amide bonds. The fourth-order valence-corrected chi connectivity index (χ4v) is 3.09. The van der Waals surface area contributed by atoms with Crippen molar-refractivity contribution in [1.82, 2.24) is 15.2 Å². The highest BCUT2D eigenvalue weighted by atomic mass is 16.3. The van der Waals surface area contributed by atoms with Crippen molar-refractivity contribution in [2.45, 2.75) is 32.2 Å². The summed E-state index contributed by atoms with van der Waals surface area (Å²) in [5, 5.41) is 3.09. The van der Waals surface area contributed by atoms with Crippen LogP contribution in [0.5, 0.6) is 0 Å². The van der Waals surface area contributed by atoms with Gasteiger partial charge in [-0.15, -0.1) is 0 Å². The summed E-state index contributed by atoms with van der Waals surface area (Å²) in [5.41, 5.74) is 1.75. The van der Waals surface area contributed by atoms with Gasteiger partial charge in [-0.1, -0.05) is 30.3 Å². The third-order valence-electron chi connectivity index (χ3n) is 4.36. The zero-order valence-electron chi connectivity index (χ0n) is 13.5. The van der Waals surface area contributed by atoms with E-state index in [1.807, 2.05) is 6.07 Å². The lowest BCUT2D eigenvalue weighted by molar-refractivity contribution is 0.0898. The van der Waals surface area contributed by atoms with Crippen LogP contribution in [0.4, 0.5) is 0 Å². The number of oxazole rings is 1. The van der Waals surface area contributed by atoms with Crippen LogP contribution >= 0.6 is 0 Å². The summed E-state index contributed by atoms with van der Waals surface area (Å²) in [6.45, 7) is 4.78. The molecule has 3 rings (SSSR count). The molecule has 5 heteroatoms. The molecule has 0 radical (unpaired) electrons. The van der Waals surface area contributed by atoms with Crippen LogP contribution in [-0.2, 0) is 6.42 Å². The number of aryl methyl sites for hydroxylation is 1. The van der Waals surface area contributed by atoms with E-state index in [0.717, 1.165) is 38.9 Å². The highest BCUT2D eigenvalue weighted by Gasteiger charge is 2.23. The van der Waals surface area contributed by atoms with Gasteiger partial charge in [-0.25, -0.2) is 4.98 Å². The van der Waals surface area contributed by atoms with Crippen LogP contribution in [0.2, 0.25) is 0 Å². The van der Waals surface area contributed by atoms with Gasteiger partial charge in [0.25, 0.3) is 5.91 Å². The summed E-state index contributed by atoms with van der Waals surface area (Å²) in [7, 11) is 0. The molecule has 1 aliphatic heterocycles. The molecule has 122 valence electrons. The number of carbonyl (C=O) groups excluding carboxylic acids is 1. The summed E-state index contributed by atoms with van der Waals surface area (Å²) in [4.78, 5) is 18.6. The molecule has 2 aromatic rings. The van der Waals surface area contributed by atoms with E-state index in [2.05, 4.69) is 39.5 Å². The molecule has 5 nitrogen and oxygen atoms in total. The molecule has 0 aliphatic carbocycles. The molecule has 2 heterocycles. The van der Waals surface area contributed by atoms with Gasteiger partial charge in [0.15, 0.2) is 12.1 Å². The van der Waals surface area contributed by atoms with Crippen molar-refractivity contribution in [1.29, 1.82) is 0 Å². The molecule has 1 N–H and O–H groups in total. The summed E-state index contributed by atoms with van der Waals surface area (Å²) >= 11 is 0. The Balaban J connectivity index is 1.50. The maximum Gasteiger partial charge on any atom is 0.273 e. The van der Waals surface area contributed by atoms with Gasteiger partial charge in [-0.2, -0.15) is 0 Å². The van der Waals surface area contributed by atoms with Gasteiger partial charge >= 0.3 is 0 Å². The van der Waals surface area contributed by atoms with E-state index in [-0.39, 0.29) is 11.9 Å². The minimum atomic E-state index is -0.133. The summed E-state index contributed by atoms with van der Waals surface area (Å²) < 4.78 is 5.10. The topological polar surface area (TPSA) is 58.4 Å². The largest absolute Gasteiger partial charge is 0.448 e. The smallest absolute Gasteiger partial charge is 0.273 e. The Kier molecular flexibility index (Phi) is 5.08. The van der Waals surface area contributed by atoms with Gasteiger partial charge in [0.05, 0.1) is 0 Å². The van der Waals surface area contributed by atoms with Crippen molar-refractivity contribution in [3.63, 3.8) is 0 Å². The molecule has 1 fully saturated rings. The Morgan fingerprint density at radius 1 is 1.39 bits per heavy atom. The maximum absolute atomic E-state index is 12.2. The maximum atomic E-state index is 12.2. The Labute approximate surface area is 136 Å². The highest BCUT2D eigenvalue weighted by molar-refractivity contribution is 5.93. The molecular formula is C18H23N3O2. The standard InChI is InChI=1S/C18H23N3O2/c1-14-17(19-13-23-14)18(22)20-16-8-5-10-21(12-16)11-9-15-6-3-2-4-7-15/h2-4,6-7,13,16H,5,8-12H2,1H3,(H,20,22). The summed E-state index contributed by atoms with van der Waals surface area (Å²) in [6, 6.07) is 10.7. The van der Waals surface area contributed by atoms with Gasteiger partial charge < -0.3 is 14.6 Å². The summed E-state index contributed by atoms with van der Waals surface area (Å²) in [5.74, 6) is 0.436. The first-order valence-corrected chi connectivity index (χ1v) is 8.19. The summed E-state index contributed by atoms with van der Waals surface area (Å²) in [6.07, 6.45) is 4.49. The Hall–Kier alpha value is -2.14. The first-order chi connectivity index (χ1) is 11.2. The highest BCUT2D eigenvalue weighted by Crippen LogP contribution is 2.13. The van der Waals surface area contributed by atoms with E-state index in [1.165, 1.54) is 12.0 Å². The van der Waals surface area contributed by atoms with E-state index in [0.29, 0.717) is 11.5 Å². The third-order valence-corrected chi connectivity index (χ3v) is 4.36. The molecule has 1 aliphatic rings. The molecule has 1 unspecified atom stereocenters. The van der Waals surface area contributed by atoms with Crippen LogP contribution in [0.1, 0.15) is 34.7 Å². The molecule has 1 saturated heterocycles. The Bertz CT molecular complexity index is 639. The van der Waals surface area contributed by atoms with Crippen LogP contribution in [0.3, 0.4) is 0 Å². The predicted molar refractivity (Wildman–Crippen MR) is 88.3 cm³/mol. The second-order valence-electron chi connectivity index (χ2n) is 6.11. The monoisotopic (exact) mass is 313 g/mol. The number of nitrogens with zero attached hydrogens (tertiary/aromatic N) is 2. The Morgan fingerprint density at radius 2 is 2.22 bits per heavy atom. The van der Waals surface area contributed by atoms with Crippen LogP contribution in [0, 0.1) is 6.92 Å². The number of piperidine rings is 1. The van der Waals surface area contributed by atoms with Crippen molar-refractivity contribution < 1.29 is 9.21 Å². The number of hydrogen-bond acceptors (Lipinski definition) is 4.